The summed E-state index contributed by atoms with van der Waals surface area (Å²) in [4.78, 5) is 4.61. The van der Waals surface area contributed by atoms with Crippen molar-refractivity contribution >= 4 is 0 Å². The highest BCUT2D eigenvalue weighted by Crippen LogP contribution is 2.37. The third-order valence-corrected chi connectivity index (χ3v) is 6.20. The summed E-state index contributed by atoms with van der Waals surface area (Å²) in [5.41, 5.74) is 3.77. The Kier molecular flexibility index (Phi) is 7.43. The molecule has 2 aromatic rings. The number of benzene rings is 1. The lowest BCUT2D eigenvalue weighted by Gasteiger charge is -2.28. The minimum absolute atomic E-state index is 0.153. The van der Waals surface area contributed by atoms with Gasteiger partial charge in [-0.05, 0) is 79.7 Å². The second-order valence-electron chi connectivity index (χ2n) is 8.25. The van der Waals surface area contributed by atoms with Crippen LogP contribution in [0.25, 0.3) is 11.3 Å². The molecule has 146 valence electrons. The molecule has 0 aliphatic heterocycles. The van der Waals surface area contributed by atoms with E-state index in [-0.39, 0.29) is 5.82 Å². The molecule has 1 saturated carbocycles. The Morgan fingerprint density at radius 2 is 1.74 bits per heavy atom. The van der Waals surface area contributed by atoms with Crippen molar-refractivity contribution < 1.29 is 4.39 Å². The fraction of sp³-hybridized carbons (Fsp3) is 0.560. The zero-order valence-electron chi connectivity index (χ0n) is 17.0. The Morgan fingerprint density at radius 1 is 0.963 bits per heavy atom. The minimum atomic E-state index is -0.153. The van der Waals surface area contributed by atoms with Crippen LogP contribution in [0.1, 0.15) is 88.7 Å². The number of aryl methyl sites for hydroxylation is 1. The molecule has 0 spiro atoms. The molecule has 0 atom stereocenters. The minimum Gasteiger partial charge on any atom is -0.256 e. The Hall–Kier alpha value is -1.70. The second kappa shape index (κ2) is 10.0. The van der Waals surface area contributed by atoms with Gasteiger partial charge in [-0.3, -0.25) is 4.98 Å². The Labute approximate surface area is 164 Å². The maximum absolute atomic E-state index is 14.5. The third-order valence-electron chi connectivity index (χ3n) is 6.20. The lowest BCUT2D eigenvalue weighted by molar-refractivity contribution is 0.304. The number of nitrogens with zero attached hydrogens (tertiary/aromatic N) is 1. The zero-order valence-corrected chi connectivity index (χ0v) is 17.0. The van der Waals surface area contributed by atoms with Crippen molar-refractivity contribution in [2.75, 3.05) is 0 Å². The summed E-state index contributed by atoms with van der Waals surface area (Å²) in [6.45, 7) is 4.44. The predicted molar refractivity (Wildman–Crippen MR) is 112 cm³/mol. The molecule has 0 saturated heterocycles. The molecule has 3 rings (SSSR count). The predicted octanol–water partition coefficient (Wildman–Crippen LogP) is 7.69. The highest BCUT2D eigenvalue weighted by molar-refractivity contribution is 5.60. The second-order valence-corrected chi connectivity index (χ2v) is 8.25. The number of hydrogen-bond acceptors (Lipinski definition) is 1. The Morgan fingerprint density at radius 3 is 2.37 bits per heavy atom. The van der Waals surface area contributed by atoms with Gasteiger partial charge in [-0.15, -0.1) is 0 Å². The molecule has 2 heteroatoms. The third kappa shape index (κ3) is 5.40. The molecule has 0 radical (unpaired) electrons. The highest BCUT2D eigenvalue weighted by atomic mass is 19.1. The Bertz CT molecular complexity index is 699. The quantitative estimate of drug-likeness (QED) is 0.466. The van der Waals surface area contributed by atoms with Gasteiger partial charge in [0, 0.05) is 11.8 Å². The first-order valence-electron chi connectivity index (χ1n) is 11.0. The summed E-state index contributed by atoms with van der Waals surface area (Å²) in [6, 6.07) is 9.78. The van der Waals surface area contributed by atoms with Crippen LogP contribution < -0.4 is 0 Å². The van der Waals surface area contributed by atoms with E-state index in [1.165, 1.54) is 50.5 Å². The summed E-state index contributed by atoms with van der Waals surface area (Å²) in [5.74, 6) is 1.40. The van der Waals surface area contributed by atoms with Crippen molar-refractivity contribution in [2.45, 2.75) is 84.0 Å². The monoisotopic (exact) mass is 367 g/mol. The van der Waals surface area contributed by atoms with E-state index < -0.39 is 0 Å². The van der Waals surface area contributed by atoms with E-state index in [4.69, 9.17) is 0 Å². The molecule has 0 amide bonds. The first-order valence-corrected chi connectivity index (χ1v) is 11.0. The topological polar surface area (TPSA) is 12.9 Å². The van der Waals surface area contributed by atoms with Gasteiger partial charge in [0.05, 0.1) is 5.69 Å². The van der Waals surface area contributed by atoms with Gasteiger partial charge < -0.3 is 0 Å². The number of halogens is 1. The molecule has 1 aliphatic carbocycles. The van der Waals surface area contributed by atoms with Gasteiger partial charge in [-0.25, -0.2) is 4.39 Å². The fourth-order valence-corrected chi connectivity index (χ4v) is 4.39. The van der Waals surface area contributed by atoms with Gasteiger partial charge in [0.15, 0.2) is 0 Å². The molecule has 1 nitrogen and oxygen atoms in total. The summed E-state index contributed by atoms with van der Waals surface area (Å²) in [6.07, 6.45) is 14.5. The zero-order chi connectivity index (χ0) is 19.1. The van der Waals surface area contributed by atoms with E-state index in [1.807, 2.05) is 24.4 Å². The standard InChI is InChI=1S/C25H34FN/c1-3-5-7-19-9-12-21(13-10-19)22-14-16-25(27-18-22)23-15-11-20(8-6-4-2)17-24(23)26/h11,14-19,21H,3-10,12-13H2,1-2H3. The SMILES string of the molecule is CCCCc1ccc(-c2ccc(C3CCC(CCCC)CC3)cn2)c(F)c1. The molecule has 1 aliphatic rings. The van der Waals surface area contributed by atoms with Gasteiger partial charge in [-0.1, -0.05) is 51.7 Å². The summed E-state index contributed by atoms with van der Waals surface area (Å²) in [7, 11) is 0. The van der Waals surface area contributed by atoms with Gasteiger partial charge in [0.2, 0.25) is 0 Å². The van der Waals surface area contributed by atoms with Crippen LogP contribution in [-0.4, -0.2) is 4.98 Å². The van der Waals surface area contributed by atoms with E-state index in [0.29, 0.717) is 11.5 Å². The summed E-state index contributed by atoms with van der Waals surface area (Å²) in [5, 5.41) is 0. The van der Waals surface area contributed by atoms with Crippen molar-refractivity contribution in [3.63, 3.8) is 0 Å². The van der Waals surface area contributed by atoms with Gasteiger partial charge >= 0.3 is 0 Å². The number of pyridine rings is 1. The normalized spacial score (nSPS) is 20.0. The number of aromatic nitrogens is 1. The van der Waals surface area contributed by atoms with Crippen molar-refractivity contribution in [2.24, 2.45) is 5.92 Å². The van der Waals surface area contributed by atoms with E-state index >= 15 is 0 Å². The smallest absolute Gasteiger partial charge is 0.132 e. The average Bonchev–Trinajstić information content (AvgIpc) is 2.71. The van der Waals surface area contributed by atoms with Crippen molar-refractivity contribution in [1.82, 2.24) is 4.98 Å². The van der Waals surface area contributed by atoms with Crippen LogP contribution >= 0.6 is 0 Å². The summed E-state index contributed by atoms with van der Waals surface area (Å²) >= 11 is 0. The van der Waals surface area contributed by atoms with Crippen molar-refractivity contribution in [3.8, 4) is 11.3 Å². The molecule has 1 aromatic carbocycles. The first-order chi connectivity index (χ1) is 13.2. The molecule has 27 heavy (non-hydrogen) atoms. The maximum Gasteiger partial charge on any atom is 0.132 e. The molecule has 0 unspecified atom stereocenters. The van der Waals surface area contributed by atoms with Crippen molar-refractivity contribution in [3.05, 3.63) is 53.5 Å². The van der Waals surface area contributed by atoms with Crippen LogP contribution in [0.3, 0.4) is 0 Å². The van der Waals surface area contributed by atoms with Crippen LogP contribution in [0.2, 0.25) is 0 Å². The first kappa shape index (κ1) is 20.0. The molecular formula is C25H34FN. The van der Waals surface area contributed by atoms with E-state index in [9.17, 15) is 4.39 Å². The molecule has 1 aromatic heterocycles. The van der Waals surface area contributed by atoms with Crippen LogP contribution in [-0.2, 0) is 6.42 Å². The van der Waals surface area contributed by atoms with Crippen LogP contribution in [0.4, 0.5) is 4.39 Å². The van der Waals surface area contributed by atoms with Gasteiger partial charge in [-0.2, -0.15) is 0 Å². The molecule has 1 fully saturated rings. The lowest BCUT2D eigenvalue weighted by atomic mass is 9.77. The molecule has 1 heterocycles. The van der Waals surface area contributed by atoms with Gasteiger partial charge in [0.1, 0.15) is 5.82 Å². The Balaban J connectivity index is 1.62. The van der Waals surface area contributed by atoms with Crippen molar-refractivity contribution in [1.29, 1.82) is 0 Å². The fourth-order valence-electron chi connectivity index (χ4n) is 4.39. The summed E-state index contributed by atoms with van der Waals surface area (Å²) < 4.78 is 14.5. The van der Waals surface area contributed by atoms with E-state index in [1.54, 1.807) is 6.07 Å². The van der Waals surface area contributed by atoms with Crippen LogP contribution in [0.15, 0.2) is 36.5 Å². The van der Waals surface area contributed by atoms with E-state index in [2.05, 4.69) is 24.9 Å². The van der Waals surface area contributed by atoms with Gasteiger partial charge in [0.25, 0.3) is 0 Å². The average molecular weight is 368 g/mol. The molecular weight excluding hydrogens is 333 g/mol. The van der Waals surface area contributed by atoms with Crippen LogP contribution in [0.5, 0.6) is 0 Å². The number of unbranched alkanes of at least 4 members (excludes halogenated alkanes) is 2. The number of hydrogen-bond donors (Lipinski definition) is 0. The van der Waals surface area contributed by atoms with Crippen LogP contribution in [0, 0.1) is 11.7 Å². The lowest BCUT2D eigenvalue weighted by Crippen LogP contribution is -2.13. The van der Waals surface area contributed by atoms with E-state index in [0.717, 1.165) is 36.4 Å². The largest absolute Gasteiger partial charge is 0.256 e. The number of rotatable bonds is 8. The highest BCUT2D eigenvalue weighted by Gasteiger charge is 2.22. The molecule has 0 bridgehead atoms. The molecule has 0 N–H and O–H groups in total. The maximum atomic E-state index is 14.5.